The lowest BCUT2D eigenvalue weighted by atomic mass is 10.1. The van der Waals surface area contributed by atoms with Crippen LogP contribution in [0.4, 0.5) is 0 Å². The van der Waals surface area contributed by atoms with Crippen molar-refractivity contribution in [3.63, 3.8) is 0 Å². The molecule has 1 N–H and O–H groups in total. The minimum atomic E-state index is -0.841. The van der Waals surface area contributed by atoms with Crippen molar-refractivity contribution in [3.05, 3.63) is 39.3 Å². The molecule has 1 heterocycles. The summed E-state index contributed by atoms with van der Waals surface area (Å²) >= 11 is 7.04. The molecule has 1 unspecified atom stereocenters. The van der Waals surface area contributed by atoms with Gasteiger partial charge in [-0.15, -0.1) is 11.3 Å². The average molecular weight is 286 g/mol. The molecule has 0 spiro atoms. The van der Waals surface area contributed by atoms with Crippen molar-refractivity contribution in [2.75, 3.05) is 14.2 Å². The average Bonchev–Trinajstić information content (AvgIpc) is 2.83. The molecule has 0 saturated heterocycles. The van der Waals surface area contributed by atoms with E-state index in [1.807, 2.05) is 0 Å². The van der Waals surface area contributed by atoms with Crippen molar-refractivity contribution in [2.24, 2.45) is 0 Å². The number of hydrogen-bond donors (Lipinski definition) is 1. The molecule has 0 aliphatic rings. The van der Waals surface area contributed by atoms with E-state index < -0.39 is 6.10 Å². The summed E-state index contributed by atoms with van der Waals surface area (Å²) in [5, 5.41) is 10.8. The van der Waals surface area contributed by atoms with E-state index in [1.165, 1.54) is 17.5 Å². The van der Waals surface area contributed by atoms with Crippen LogP contribution >= 0.6 is 22.9 Å². The quantitative estimate of drug-likeness (QED) is 0.938. The van der Waals surface area contributed by atoms with Gasteiger partial charge in [0.2, 0.25) is 0 Å². The molecule has 0 bridgehead atoms. The number of benzene rings is 1. The van der Waals surface area contributed by atoms with Crippen LogP contribution in [0.1, 0.15) is 16.7 Å². The van der Waals surface area contributed by atoms with Gasteiger partial charge in [0, 0.05) is 6.07 Å². The summed E-state index contributed by atoms with van der Waals surface area (Å²) in [6.07, 6.45) is 0.675. The molecule has 2 rings (SSSR count). The summed E-state index contributed by atoms with van der Waals surface area (Å²) < 4.78 is 10.8. The Hall–Kier alpha value is -1.30. The number of rotatable bonds is 4. The molecule has 2 aromatic rings. The number of hydrogen-bond acceptors (Lipinski definition) is 5. The fourth-order valence-electron chi connectivity index (χ4n) is 1.52. The summed E-state index contributed by atoms with van der Waals surface area (Å²) in [6, 6.07) is 5.22. The first-order valence-electron chi connectivity index (χ1n) is 5.16. The van der Waals surface area contributed by atoms with E-state index in [1.54, 1.807) is 32.4 Å². The van der Waals surface area contributed by atoms with Crippen LogP contribution in [-0.2, 0) is 0 Å². The number of methoxy groups -OCH3 is 2. The van der Waals surface area contributed by atoms with Crippen molar-refractivity contribution >= 4 is 22.9 Å². The maximum atomic E-state index is 10.2. The highest BCUT2D eigenvalue weighted by atomic mass is 35.5. The molecule has 6 heteroatoms. The van der Waals surface area contributed by atoms with Gasteiger partial charge in [-0.3, -0.25) is 0 Å². The van der Waals surface area contributed by atoms with Crippen LogP contribution < -0.4 is 9.47 Å². The van der Waals surface area contributed by atoms with E-state index in [0.717, 1.165) is 0 Å². The highest BCUT2D eigenvalue weighted by Crippen LogP contribution is 2.32. The third-order valence-corrected chi connectivity index (χ3v) is 3.59. The van der Waals surface area contributed by atoms with Gasteiger partial charge < -0.3 is 14.6 Å². The first kappa shape index (κ1) is 13.1. The molecule has 1 aromatic carbocycles. The number of ether oxygens (including phenoxy) is 2. The van der Waals surface area contributed by atoms with Crippen LogP contribution in [0.3, 0.4) is 0 Å². The Bertz CT molecular complexity index is 522. The van der Waals surface area contributed by atoms with E-state index >= 15 is 0 Å². The topological polar surface area (TPSA) is 51.6 Å². The lowest BCUT2D eigenvalue weighted by Crippen LogP contribution is -2.00. The normalized spacial score (nSPS) is 12.2. The molecule has 96 valence electrons. The Morgan fingerprint density at radius 1 is 1.22 bits per heavy atom. The number of nitrogens with zero attached hydrogens (tertiary/aromatic N) is 1. The molecular formula is C12H12ClNO3S. The maximum absolute atomic E-state index is 10.2. The standard InChI is InChI=1S/C12H12ClNO3S/c1-16-8-3-7(4-9(5-8)17-2)11(15)12-14-6-10(13)18-12/h3-6,11,15H,1-2H3. The largest absolute Gasteiger partial charge is 0.497 e. The smallest absolute Gasteiger partial charge is 0.131 e. The van der Waals surface area contributed by atoms with Gasteiger partial charge >= 0.3 is 0 Å². The lowest BCUT2D eigenvalue weighted by Gasteiger charge is -2.11. The Balaban J connectivity index is 2.37. The van der Waals surface area contributed by atoms with Gasteiger partial charge in [-0.2, -0.15) is 0 Å². The SMILES string of the molecule is COc1cc(OC)cc(C(O)c2ncc(Cl)s2)c1. The second-order valence-electron chi connectivity index (χ2n) is 3.55. The number of aromatic nitrogens is 1. The molecule has 0 amide bonds. The second-order valence-corrected chi connectivity index (χ2v) is 5.24. The van der Waals surface area contributed by atoms with Crippen molar-refractivity contribution in [2.45, 2.75) is 6.10 Å². The Kier molecular flexibility index (Phi) is 4.06. The van der Waals surface area contributed by atoms with Crippen LogP contribution in [0.15, 0.2) is 24.4 Å². The zero-order valence-corrected chi connectivity index (χ0v) is 11.5. The molecule has 4 nitrogen and oxygen atoms in total. The molecule has 0 fully saturated rings. The lowest BCUT2D eigenvalue weighted by molar-refractivity contribution is 0.218. The first-order chi connectivity index (χ1) is 8.63. The predicted molar refractivity (Wildman–Crippen MR) is 70.7 cm³/mol. The fraction of sp³-hybridized carbons (Fsp3) is 0.250. The molecule has 0 radical (unpaired) electrons. The zero-order valence-electron chi connectivity index (χ0n) is 9.88. The summed E-state index contributed by atoms with van der Waals surface area (Å²) in [4.78, 5) is 4.06. The van der Waals surface area contributed by atoms with Crippen LogP contribution in [0.2, 0.25) is 4.34 Å². The fourth-order valence-corrected chi connectivity index (χ4v) is 2.47. The van der Waals surface area contributed by atoms with E-state index in [0.29, 0.717) is 26.4 Å². The Morgan fingerprint density at radius 2 is 1.83 bits per heavy atom. The van der Waals surface area contributed by atoms with Gasteiger partial charge in [-0.1, -0.05) is 11.6 Å². The predicted octanol–water partition coefficient (Wildman–Crippen LogP) is 2.90. The van der Waals surface area contributed by atoms with E-state index in [9.17, 15) is 5.11 Å². The zero-order chi connectivity index (χ0) is 13.1. The van der Waals surface area contributed by atoms with Crippen LogP contribution in [-0.4, -0.2) is 24.3 Å². The number of aliphatic hydroxyl groups excluding tert-OH is 1. The molecular weight excluding hydrogens is 274 g/mol. The van der Waals surface area contributed by atoms with Crippen LogP contribution in [0, 0.1) is 0 Å². The van der Waals surface area contributed by atoms with Gasteiger partial charge in [0.25, 0.3) is 0 Å². The molecule has 1 atom stereocenters. The van der Waals surface area contributed by atoms with E-state index in [2.05, 4.69) is 4.98 Å². The Labute approximate surface area is 114 Å². The molecule has 0 aliphatic heterocycles. The number of aliphatic hydroxyl groups is 1. The second kappa shape index (κ2) is 5.56. The molecule has 0 aliphatic carbocycles. The van der Waals surface area contributed by atoms with Gasteiger partial charge in [0.05, 0.1) is 20.4 Å². The van der Waals surface area contributed by atoms with Crippen LogP contribution in [0.25, 0.3) is 0 Å². The summed E-state index contributed by atoms with van der Waals surface area (Å²) in [7, 11) is 3.12. The van der Waals surface area contributed by atoms with E-state index in [4.69, 9.17) is 21.1 Å². The summed E-state index contributed by atoms with van der Waals surface area (Å²) in [5.41, 5.74) is 0.650. The molecule has 1 aromatic heterocycles. The first-order valence-corrected chi connectivity index (χ1v) is 6.35. The highest BCUT2D eigenvalue weighted by Gasteiger charge is 2.16. The maximum Gasteiger partial charge on any atom is 0.131 e. The third kappa shape index (κ3) is 2.75. The molecule has 0 saturated carbocycles. The minimum Gasteiger partial charge on any atom is -0.497 e. The highest BCUT2D eigenvalue weighted by molar-refractivity contribution is 7.15. The summed E-state index contributed by atoms with van der Waals surface area (Å²) in [6.45, 7) is 0. The Morgan fingerprint density at radius 3 is 2.28 bits per heavy atom. The van der Waals surface area contributed by atoms with Gasteiger partial charge in [0.15, 0.2) is 0 Å². The van der Waals surface area contributed by atoms with Crippen molar-refractivity contribution in [3.8, 4) is 11.5 Å². The number of halogens is 1. The van der Waals surface area contributed by atoms with E-state index in [-0.39, 0.29) is 0 Å². The number of thiazole rings is 1. The van der Waals surface area contributed by atoms with Crippen molar-refractivity contribution in [1.82, 2.24) is 4.98 Å². The van der Waals surface area contributed by atoms with Gasteiger partial charge in [-0.05, 0) is 17.7 Å². The summed E-state index contributed by atoms with van der Waals surface area (Å²) in [5.74, 6) is 1.23. The minimum absolute atomic E-state index is 0.537. The van der Waals surface area contributed by atoms with Crippen molar-refractivity contribution in [1.29, 1.82) is 0 Å². The monoisotopic (exact) mass is 285 g/mol. The van der Waals surface area contributed by atoms with Crippen LogP contribution in [0.5, 0.6) is 11.5 Å². The third-order valence-electron chi connectivity index (χ3n) is 2.42. The van der Waals surface area contributed by atoms with Gasteiger partial charge in [0.1, 0.15) is 26.9 Å². The van der Waals surface area contributed by atoms with Gasteiger partial charge in [-0.25, -0.2) is 4.98 Å². The molecule has 18 heavy (non-hydrogen) atoms. The van der Waals surface area contributed by atoms with Crippen molar-refractivity contribution < 1.29 is 14.6 Å².